The first-order valence-electron chi connectivity index (χ1n) is 9.90. The molecule has 0 radical (unpaired) electrons. The highest BCUT2D eigenvalue weighted by molar-refractivity contribution is 5.87. The lowest BCUT2D eigenvalue weighted by atomic mass is 9.97. The van der Waals surface area contributed by atoms with Gasteiger partial charge >= 0.3 is 5.97 Å². The molecule has 3 aromatic rings. The van der Waals surface area contributed by atoms with Gasteiger partial charge in [0.25, 0.3) is 11.5 Å². The SMILES string of the molecule is CC(C)C[C@@H](NC(=O)COC(=O)Cc1n[nH]c(=O)c2ccccc12)c1ccccc1. The van der Waals surface area contributed by atoms with Gasteiger partial charge in [0.2, 0.25) is 0 Å². The van der Waals surface area contributed by atoms with E-state index in [2.05, 4.69) is 29.4 Å². The summed E-state index contributed by atoms with van der Waals surface area (Å²) in [6.07, 6.45) is 0.635. The predicted octanol–water partition coefficient (Wildman–Crippen LogP) is 2.91. The number of aromatic amines is 1. The van der Waals surface area contributed by atoms with Crippen molar-refractivity contribution in [3.05, 3.63) is 76.2 Å². The number of aromatic nitrogens is 2. The topological polar surface area (TPSA) is 101 Å². The number of rotatable bonds is 8. The molecule has 0 aliphatic heterocycles. The number of ether oxygens (including phenoxy) is 1. The molecule has 0 spiro atoms. The Bertz CT molecular complexity index is 1080. The first-order chi connectivity index (χ1) is 14.4. The lowest BCUT2D eigenvalue weighted by Gasteiger charge is -2.21. The van der Waals surface area contributed by atoms with E-state index >= 15 is 0 Å². The van der Waals surface area contributed by atoms with E-state index in [4.69, 9.17) is 4.74 Å². The maximum atomic E-state index is 12.4. The number of nitrogens with zero attached hydrogens (tertiary/aromatic N) is 1. The summed E-state index contributed by atoms with van der Waals surface area (Å²) in [6, 6.07) is 16.5. The number of benzene rings is 2. The molecule has 0 unspecified atom stereocenters. The summed E-state index contributed by atoms with van der Waals surface area (Å²) < 4.78 is 5.15. The second kappa shape index (κ2) is 9.82. The molecule has 0 saturated heterocycles. The van der Waals surface area contributed by atoms with E-state index in [0.29, 0.717) is 22.4 Å². The molecule has 1 aromatic heterocycles. The summed E-state index contributed by atoms with van der Waals surface area (Å²) in [4.78, 5) is 36.5. The van der Waals surface area contributed by atoms with Crippen LogP contribution in [-0.2, 0) is 20.7 Å². The quantitative estimate of drug-likeness (QED) is 0.559. The van der Waals surface area contributed by atoms with Crippen LogP contribution in [0.4, 0.5) is 0 Å². The van der Waals surface area contributed by atoms with E-state index in [1.165, 1.54) is 0 Å². The van der Waals surface area contributed by atoms with Crippen LogP contribution in [0, 0.1) is 5.92 Å². The van der Waals surface area contributed by atoms with Gasteiger partial charge in [0.15, 0.2) is 6.61 Å². The minimum absolute atomic E-state index is 0.140. The highest BCUT2D eigenvalue weighted by atomic mass is 16.5. The first-order valence-corrected chi connectivity index (χ1v) is 9.90. The summed E-state index contributed by atoms with van der Waals surface area (Å²) in [5.41, 5.74) is 1.09. The molecule has 3 rings (SSSR count). The summed E-state index contributed by atoms with van der Waals surface area (Å²) in [7, 11) is 0. The molecule has 0 aliphatic rings. The van der Waals surface area contributed by atoms with E-state index in [1.54, 1.807) is 24.3 Å². The molecule has 1 amide bonds. The number of fused-ring (bicyclic) bond motifs is 1. The lowest BCUT2D eigenvalue weighted by molar-refractivity contribution is -0.148. The smallest absolute Gasteiger partial charge is 0.312 e. The number of hydrogen-bond acceptors (Lipinski definition) is 5. The standard InChI is InChI=1S/C23H25N3O4/c1-15(2)12-19(16-8-4-3-5-9-16)24-21(27)14-30-22(28)13-20-17-10-6-7-11-18(17)23(29)26-25-20/h3-11,15,19H,12-14H2,1-2H3,(H,24,27)(H,26,29)/t19-/m1/s1. The minimum atomic E-state index is -0.588. The van der Waals surface area contributed by atoms with Crippen LogP contribution < -0.4 is 10.9 Å². The van der Waals surface area contributed by atoms with Crippen molar-refractivity contribution in [3.8, 4) is 0 Å². The zero-order valence-electron chi connectivity index (χ0n) is 17.1. The first kappa shape index (κ1) is 21.2. The molecular formula is C23H25N3O4. The number of carbonyl (C=O) groups excluding carboxylic acids is 2. The molecule has 0 aliphatic carbocycles. The van der Waals surface area contributed by atoms with Gasteiger partial charge in [-0.15, -0.1) is 0 Å². The number of amides is 1. The van der Waals surface area contributed by atoms with Gasteiger partial charge in [0.05, 0.1) is 23.5 Å². The fraction of sp³-hybridized carbons (Fsp3) is 0.304. The zero-order valence-corrected chi connectivity index (χ0v) is 17.1. The lowest BCUT2D eigenvalue weighted by Crippen LogP contribution is -2.33. The van der Waals surface area contributed by atoms with Crippen LogP contribution in [0.5, 0.6) is 0 Å². The average molecular weight is 407 g/mol. The average Bonchev–Trinajstić information content (AvgIpc) is 2.74. The van der Waals surface area contributed by atoms with Crippen molar-refractivity contribution in [3.63, 3.8) is 0 Å². The Morgan fingerprint density at radius 1 is 1.03 bits per heavy atom. The Balaban J connectivity index is 1.60. The molecule has 1 atom stereocenters. The van der Waals surface area contributed by atoms with Crippen molar-refractivity contribution in [1.82, 2.24) is 15.5 Å². The molecule has 0 fully saturated rings. The summed E-state index contributed by atoms with van der Waals surface area (Å²) in [5.74, 6) is -0.565. The minimum Gasteiger partial charge on any atom is -0.455 e. The van der Waals surface area contributed by atoms with Gasteiger partial charge in [-0.05, 0) is 24.0 Å². The molecule has 0 saturated carbocycles. The second-order valence-electron chi connectivity index (χ2n) is 7.54. The molecule has 2 aromatic carbocycles. The van der Waals surface area contributed by atoms with E-state index < -0.39 is 5.97 Å². The monoisotopic (exact) mass is 407 g/mol. The van der Waals surface area contributed by atoms with E-state index in [1.807, 2.05) is 30.3 Å². The Labute approximate surface area is 174 Å². The van der Waals surface area contributed by atoms with E-state index in [0.717, 1.165) is 12.0 Å². The Morgan fingerprint density at radius 3 is 2.40 bits per heavy atom. The maximum absolute atomic E-state index is 12.4. The van der Waals surface area contributed by atoms with Crippen molar-refractivity contribution in [2.24, 2.45) is 5.92 Å². The Morgan fingerprint density at radius 2 is 1.70 bits per heavy atom. The number of H-pyrrole nitrogens is 1. The van der Waals surface area contributed by atoms with Crippen LogP contribution in [0.15, 0.2) is 59.4 Å². The van der Waals surface area contributed by atoms with Gasteiger partial charge in [-0.1, -0.05) is 62.4 Å². The largest absolute Gasteiger partial charge is 0.455 e. The highest BCUT2D eigenvalue weighted by Gasteiger charge is 2.18. The third kappa shape index (κ3) is 5.53. The molecule has 2 N–H and O–H groups in total. The molecular weight excluding hydrogens is 382 g/mol. The van der Waals surface area contributed by atoms with Crippen molar-refractivity contribution in [2.75, 3.05) is 6.61 Å². The van der Waals surface area contributed by atoms with Crippen LogP contribution in [0.1, 0.15) is 37.6 Å². The Hall–Kier alpha value is -3.48. The van der Waals surface area contributed by atoms with Crippen LogP contribution in [0.2, 0.25) is 0 Å². The number of hydrogen-bond donors (Lipinski definition) is 2. The second-order valence-corrected chi connectivity index (χ2v) is 7.54. The highest BCUT2D eigenvalue weighted by Crippen LogP contribution is 2.21. The fourth-order valence-corrected chi connectivity index (χ4v) is 3.31. The Kier molecular flexibility index (Phi) is 6.95. The molecule has 30 heavy (non-hydrogen) atoms. The van der Waals surface area contributed by atoms with Gasteiger partial charge in [0, 0.05) is 5.39 Å². The van der Waals surface area contributed by atoms with Crippen molar-refractivity contribution in [2.45, 2.75) is 32.7 Å². The summed E-state index contributed by atoms with van der Waals surface area (Å²) in [6.45, 7) is 3.80. The fourth-order valence-electron chi connectivity index (χ4n) is 3.31. The maximum Gasteiger partial charge on any atom is 0.312 e. The third-order valence-electron chi connectivity index (χ3n) is 4.70. The summed E-state index contributed by atoms with van der Waals surface area (Å²) >= 11 is 0. The molecule has 7 heteroatoms. The van der Waals surface area contributed by atoms with Crippen LogP contribution in [0.25, 0.3) is 10.8 Å². The van der Waals surface area contributed by atoms with Crippen LogP contribution in [0.3, 0.4) is 0 Å². The van der Waals surface area contributed by atoms with Crippen molar-refractivity contribution in [1.29, 1.82) is 0 Å². The number of esters is 1. The van der Waals surface area contributed by atoms with Gasteiger partial charge in [-0.3, -0.25) is 14.4 Å². The van der Waals surface area contributed by atoms with Crippen molar-refractivity contribution >= 4 is 22.6 Å². The van der Waals surface area contributed by atoms with Gasteiger partial charge in [0.1, 0.15) is 0 Å². The summed E-state index contributed by atoms with van der Waals surface area (Å²) in [5, 5.41) is 10.3. The molecule has 0 bridgehead atoms. The predicted molar refractivity (Wildman–Crippen MR) is 114 cm³/mol. The molecule has 1 heterocycles. The zero-order chi connectivity index (χ0) is 21.5. The van der Waals surface area contributed by atoms with Crippen molar-refractivity contribution < 1.29 is 14.3 Å². The van der Waals surface area contributed by atoms with Gasteiger partial charge < -0.3 is 10.1 Å². The number of carbonyl (C=O) groups is 2. The molecule has 7 nitrogen and oxygen atoms in total. The normalized spacial score (nSPS) is 12.0. The van der Waals surface area contributed by atoms with Crippen LogP contribution in [-0.4, -0.2) is 28.7 Å². The van der Waals surface area contributed by atoms with Crippen LogP contribution >= 0.6 is 0 Å². The number of nitrogens with one attached hydrogen (secondary N) is 2. The van der Waals surface area contributed by atoms with E-state index in [-0.39, 0.29) is 30.5 Å². The van der Waals surface area contributed by atoms with Gasteiger partial charge in [-0.25, -0.2) is 5.10 Å². The molecule has 156 valence electrons. The van der Waals surface area contributed by atoms with E-state index in [9.17, 15) is 14.4 Å². The third-order valence-corrected chi connectivity index (χ3v) is 4.70. The van der Waals surface area contributed by atoms with Gasteiger partial charge in [-0.2, -0.15) is 5.10 Å².